The van der Waals surface area contributed by atoms with Gasteiger partial charge in [-0.2, -0.15) is 11.8 Å². The van der Waals surface area contributed by atoms with Crippen molar-refractivity contribution in [3.05, 3.63) is 93.0 Å². The van der Waals surface area contributed by atoms with E-state index >= 15 is 0 Å². The summed E-state index contributed by atoms with van der Waals surface area (Å²) in [5.74, 6) is -0.813. The minimum Gasteiger partial charge on any atom is -0.480 e. The van der Waals surface area contributed by atoms with Gasteiger partial charge in [-0.15, -0.1) is 0 Å². The van der Waals surface area contributed by atoms with Crippen molar-refractivity contribution in [2.24, 2.45) is 0 Å². The molecule has 8 heteroatoms. The number of rotatable bonds is 12. The first kappa shape index (κ1) is 28.1. The van der Waals surface area contributed by atoms with Gasteiger partial charge in [-0.1, -0.05) is 59.6 Å². The average molecular weight is 547 g/mol. The number of hydrogen-bond donors (Lipinski definition) is 2. The van der Waals surface area contributed by atoms with Gasteiger partial charge in [-0.25, -0.2) is 4.79 Å². The Hall–Kier alpha value is -2.51. The second kappa shape index (κ2) is 13.7. The Balaban J connectivity index is 1.78. The largest absolute Gasteiger partial charge is 0.480 e. The molecule has 0 heterocycles. The molecule has 0 fully saturated rings. The van der Waals surface area contributed by atoms with Gasteiger partial charge in [0.25, 0.3) is 5.91 Å². The zero-order valence-electron chi connectivity index (χ0n) is 20.2. The number of halogens is 2. The number of ether oxygens (including phenoxy) is 1. The van der Waals surface area contributed by atoms with E-state index in [0.717, 1.165) is 27.8 Å². The van der Waals surface area contributed by atoms with Crippen LogP contribution in [0.4, 0.5) is 0 Å². The number of carbonyl (C=O) groups excluding carboxylic acids is 1. The number of aliphatic carboxylic acids is 1. The fourth-order valence-corrected chi connectivity index (χ4v) is 4.78. The highest BCUT2D eigenvalue weighted by atomic mass is 35.5. The Labute approximate surface area is 226 Å². The lowest BCUT2D eigenvalue weighted by Gasteiger charge is -2.18. The van der Waals surface area contributed by atoms with E-state index in [1.165, 1.54) is 0 Å². The Morgan fingerprint density at radius 3 is 2.53 bits per heavy atom. The first-order chi connectivity index (χ1) is 17.3. The molecule has 190 valence electrons. The molecule has 3 aromatic rings. The first-order valence-corrected chi connectivity index (χ1v) is 13.7. The molecular weight excluding hydrogens is 517 g/mol. The summed E-state index contributed by atoms with van der Waals surface area (Å²) in [4.78, 5) is 24.8. The number of thioether (sulfide) groups is 1. The van der Waals surface area contributed by atoms with Crippen molar-refractivity contribution < 1.29 is 19.4 Å². The summed E-state index contributed by atoms with van der Waals surface area (Å²) in [5.41, 5.74) is 4.96. The summed E-state index contributed by atoms with van der Waals surface area (Å²) in [6, 6.07) is 17.8. The normalized spacial score (nSPS) is 11.8. The van der Waals surface area contributed by atoms with E-state index < -0.39 is 17.9 Å². The van der Waals surface area contributed by atoms with Gasteiger partial charge in [-0.05, 0) is 83.9 Å². The summed E-state index contributed by atoms with van der Waals surface area (Å²) in [6.45, 7) is 2.81. The van der Waals surface area contributed by atoms with Crippen molar-refractivity contribution in [3.63, 3.8) is 0 Å². The van der Waals surface area contributed by atoms with Gasteiger partial charge in [0.15, 0.2) is 0 Å². The number of carboxylic acids is 1. The van der Waals surface area contributed by atoms with Crippen LogP contribution in [0, 0.1) is 6.92 Å². The predicted octanol–water partition coefficient (Wildman–Crippen LogP) is 6.66. The molecule has 0 saturated heterocycles. The number of benzene rings is 3. The van der Waals surface area contributed by atoms with Crippen LogP contribution < -0.4 is 5.32 Å². The van der Waals surface area contributed by atoms with Gasteiger partial charge in [0, 0.05) is 15.6 Å². The van der Waals surface area contributed by atoms with Gasteiger partial charge in [0.2, 0.25) is 0 Å². The van der Waals surface area contributed by atoms with Gasteiger partial charge in [0.1, 0.15) is 6.04 Å². The average Bonchev–Trinajstić information content (AvgIpc) is 2.85. The maximum absolute atomic E-state index is 13.2. The van der Waals surface area contributed by atoms with E-state index in [2.05, 4.69) is 5.32 Å². The molecule has 1 atom stereocenters. The number of carbonyl (C=O) groups is 2. The van der Waals surface area contributed by atoms with Gasteiger partial charge in [-0.3, -0.25) is 4.79 Å². The summed E-state index contributed by atoms with van der Waals surface area (Å²) in [6.07, 6.45) is 2.90. The molecule has 1 amide bonds. The van der Waals surface area contributed by atoms with Crippen LogP contribution >= 0.6 is 35.0 Å². The van der Waals surface area contributed by atoms with Gasteiger partial charge >= 0.3 is 5.97 Å². The molecule has 0 aliphatic carbocycles. The quantitative estimate of drug-likeness (QED) is 0.249. The van der Waals surface area contributed by atoms with Crippen molar-refractivity contribution in [2.75, 3.05) is 18.6 Å². The lowest BCUT2D eigenvalue weighted by Crippen LogP contribution is -2.41. The zero-order chi connectivity index (χ0) is 26.1. The number of amides is 1. The van der Waals surface area contributed by atoms with E-state index in [1.54, 1.807) is 30.0 Å². The highest BCUT2D eigenvalue weighted by Crippen LogP contribution is 2.29. The molecule has 0 spiro atoms. The summed E-state index contributed by atoms with van der Waals surface area (Å²) in [5, 5.41) is 13.4. The molecule has 5 nitrogen and oxygen atoms in total. The van der Waals surface area contributed by atoms with Crippen molar-refractivity contribution in [2.45, 2.75) is 32.4 Å². The molecule has 3 aromatic carbocycles. The Morgan fingerprint density at radius 1 is 1.06 bits per heavy atom. The zero-order valence-corrected chi connectivity index (χ0v) is 22.6. The maximum atomic E-state index is 13.2. The van der Waals surface area contributed by atoms with Crippen LogP contribution in [0.15, 0.2) is 60.7 Å². The van der Waals surface area contributed by atoms with Crippen LogP contribution in [0.2, 0.25) is 10.0 Å². The maximum Gasteiger partial charge on any atom is 0.326 e. The highest BCUT2D eigenvalue weighted by molar-refractivity contribution is 7.98. The van der Waals surface area contributed by atoms with Crippen LogP contribution in [0.1, 0.15) is 33.5 Å². The van der Waals surface area contributed by atoms with E-state index in [0.29, 0.717) is 47.4 Å². The lowest BCUT2D eigenvalue weighted by atomic mass is 9.93. The third-order valence-electron chi connectivity index (χ3n) is 5.78. The van der Waals surface area contributed by atoms with Gasteiger partial charge in [0.05, 0.1) is 13.2 Å². The van der Waals surface area contributed by atoms with E-state index in [4.69, 9.17) is 27.9 Å². The van der Waals surface area contributed by atoms with Gasteiger partial charge < -0.3 is 15.2 Å². The van der Waals surface area contributed by atoms with E-state index in [-0.39, 0.29) is 0 Å². The molecule has 3 rings (SSSR count). The SMILES string of the molecule is CSCCC(NC(=O)c1ccc(COCCc2ccc(Cl)cc2Cl)cc1-c1ccccc1C)C(=O)O. The van der Waals surface area contributed by atoms with Crippen molar-refractivity contribution in [3.8, 4) is 11.1 Å². The fourth-order valence-electron chi connectivity index (χ4n) is 3.80. The topological polar surface area (TPSA) is 75.6 Å². The molecule has 0 bridgehead atoms. The Bertz CT molecular complexity index is 1220. The standard InChI is InChI=1S/C28H29Cl2NO4S/c1-18-5-3-4-6-22(18)24-15-19(17-35-13-11-20-8-9-21(29)16-25(20)30)7-10-23(24)27(32)31-26(28(33)34)12-14-36-2/h3-10,15-16,26H,11-14,17H2,1-2H3,(H,31,32)(H,33,34). The van der Waals surface area contributed by atoms with Crippen molar-refractivity contribution in [1.29, 1.82) is 0 Å². The summed E-state index contributed by atoms with van der Waals surface area (Å²) in [7, 11) is 0. The molecule has 0 aliphatic heterocycles. The van der Waals surface area contributed by atoms with Crippen molar-refractivity contribution in [1.82, 2.24) is 5.32 Å². The second-order valence-corrected chi connectivity index (χ2v) is 10.2. The van der Waals surface area contributed by atoms with Crippen LogP contribution in [-0.2, 0) is 22.6 Å². The number of carboxylic acid groups (broad SMARTS) is 1. The Morgan fingerprint density at radius 2 is 1.83 bits per heavy atom. The van der Waals surface area contributed by atoms with Crippen LogP contribution in [0.25, 0.3) is 11.1 Å². The summed E-state index contributed by atoms with van der Waals surface area (Å²) < 4.78 is 5.90. The van der Waals surface area contributed by atoms with Crippen LogP contribution in [0.5, 0.6) is 0 Å². The predicted molar refractivity (Wildman–Crippen MR) is 148 cm³/mol. The Kier molecular flexibility index (Phi) is 10.7. The van der Waals surface area contributed by atoms with Crippen LogP contribution in [-0.4, -0.2) is 41.6 Å². The minimum absolute atomic E-state index is 0.353. The first-order valence-electron chi connectivity index (χ1n) is 11.5. The monoisotopic (exact) mass is 545 g/mol. The molecule has 36 heavy (non-hydrogen) atoms. The number of nitrogens with one attached hydrogen (secondary N) is 1. The highest BCUT2D eigenvalue weighted by Gasteiger charge is 2.22. The number of hydrogen-bond acceptors (Lipinski definition) is 4. The molecule has 0 aromatic heterocycles. The lowest BCUT2D eigenvalue weighted by molar-refractivity contribution is -0.139. The minimum atomic E-state index is -1.04. The molecule has 2 N–H and O–H groups in total. The molecule has 0 aliphatic rings. The van der Waals surface area contributed by atoms with Crippen molar-refractivity contribution >= 4 is 46.8 Å². The second-order valence-electron chi connectivity index (χ2n) is 8.38. The van der Waals surface area contributed by atoms with E-state index in [9.17, 15) is 14.7 Å². The molecule has 0 radical (unpaired) electrons. The smallest absolute Gasteiger partial charge is 0.326 e. The third-order valence-corrected chi connectivity index (χ3v) is 7.01. The van der Waals surface area contributed by atoms with E-state index in [1.807, 2.05) is 55.6 Å². The summed E-state index contributed by atoms with van der Waals surface area (Å²) >= 11 is 13.7. The van der Waals surface area contributed by atoms with Crippen LogP contribution in [0.3, 0.4) is 0 Å². The molecule has 0 saturated carbocycles. The fraction of sp³-hybridized carbons (Fsp3) is 0.286. The third kappa shape index (κ3) is 7.74. The molecule has 1 unspecified atom stereocenters. The number of aryl methyl sites for hydroxylation is 1. The molecular formula is C28H29Cl2NO4S.